The Hall–Kier alpha value is -4.19. The maximum absolute atomic E-state index is 13.9. The SMILES string of the molecule is CCC(=O)N1CCC(c2ccc(OCc3cc(C(C)C)sc3-c3cccc(-n4ncc(C(=O)O)c4C(F)(F)F)n3)c(C)c2)CC1. The van der Waals surface area contributed by atoms with Crippen LogP contribution in [0.25, 0.3) is 16.4 Å². The topological polar surface area (TPSA) is 97.6 Å². The fraction of sp³-hybridized carbons (Fsp3) is 0.394. The zero-order valence-corrected chi connectivity index (χ0v) is 26.3. The van der Waals surface area contributed by atoms with E-state index in [0.29, 0.717) is 28.9 Å². The summed E-state index contributed by atoms with van der Waals surface area (Å²) < 4.78 is 48.4. The van der Waals surface area contributed by atoms with Crippen molar-refractivity contribution < 1.29 is 32.6 Å². The Balaban J connectivity index is 1.38. The summed E-state index contributed by atoms with van der Waals surface area (Å²) in [4.78, 5) is 31.8. The molecule has 4 aromatic rings. The van der Waals surface area contributed by atoms with Crippen molar-refractivity contribution in [2.45, 2.75) is 71.6 Å². The van der Waals surface area contributed by atoms with Crippen LogP contribution in [-0.4, -0.2) is 49.7 Å². The molecule has 3 aromatic heterocycles. The summed E-state index contributed by atoms with van der Waals surface area (Å²) in [6.07, 6.45) is -1.89. The van der Waals surface area contributed by atoms with Gasteiger partial charge in [0.2, 0.25) is 5.91 Å². The molecule has 238 valence electrons. The first-order valence-corrected chi connectivity index (χ1v) is 15.7. The number of halogens is 3. The molecule has 0 radical (unpaired) electrons. The molecule has 1 aromatic carbocycles. The minimum atomic E-state index is -4.95. The average molecular weight is 641 g/mol. The summed E-state index contributed by atoms with van der Waals surface area (Å²) in [6, 6.07) is 12.9. The predicted molar refractivity (Wildman–Crippen MR) is 165 cm³/mol. The second-order valence-corrected chi connectivity index (χ2v) is 12.6. The number of hydrogen-bond donors (Lipinski definition) is 1. The van der Waals surface area contributed by atoms with E-state index in [-0.39, 0.29) is 24.2 Å². The second kappa shape index (κ2) is 13.0. The van der Waals surface area contributed by atoms with E-state index < -0.39 is 23.4 Å². The molecule has 5 rings (SSSR count). The molecule has 1 aliphatic heterocycles. The number of carboxylic acids is 1. The van der Waals surface area contributed by atoms with Crippen LogP contribution in [0.15, 0.2) is 48.7 Å². The van der Waals surface area contributed by atoms with E-state index in [4.69, 9.17) is 4.74 Å². The number of aromatic nitrogens is 3. The monoisotopic (exact) mass is 640 g/mol. The van der Waals surface area contributed by atoms with Crippen LogP contribution in [0.2, 0.25) is 0 Å². The van der Waals surface area contributed by atoms with Gasteiger partial charge in [0, 0.05) is 30.0 Å². The summed E-state index contributed by atoms with van der Waals surface area (Å²) in [7, 11) is 0. The van der Waals surface area contributed by atoms with Gasteiger partial charge in [-0.15, -0.1) is 11.3 Å². The molecule has 1 saturated heterocycles. The molecule has 0 unspecified atom stereocenters. The molecule has 1 fully saturated rings. The lowest BCUT2D eigenvalue weighted by Gasteiger charge is -2.32. The summed E-state index contributed by atoms with van der Waals surface area (Å²) in [5.41, 5.74) is 1.16. The number of benzene rings is 1. The molecule has 0 bridgehead atoms. The minimum absolute atomic E-state index is 0.144. The molecule has 45 heavy (non-hydrogen) atoms. The molecule has 4 heterocycles. The number of nitrogens with zero attached hydrogens (tertiary/aromatic N) is 4. The van der Waals surface area contributed by atoms with Gasteiger partial charge in [-0.05, 0) is 67.0 Å². The highest BCUT2D eigenvalue weighted by Gasteiger charge is 2.41. The predicted octanol–water partition coefficient (Wildman–Crippen LogP) is 7.84. The molecular weight excluding hydrogens is 605 g/mol. The number of pyridine rings is 1. The van der Waals surface area contributed by atoms with Crippen molar-refractivity contribution in [2.24, 2.45) is 0 Å². The molecule has 0 atom stereocenters. The summed E-state index contributed by atoms with van der Waals surface area (Å²) >= 11 is 1.49. The zero-order valence-electron chi connectivity index (χ0n) is 25.5. The van der Waals surface area contributed by atoms with Gasteiger partial charge in [-0.25, -0.2) is 14.5 Å². The van der Waals surface area contributed by atoms with E-state index in [9.17, 15) is 27.9 Å². The van der Waals surface area contributed by atoms with E-state index in [0.717, 1.165) is 52.6 Å². The van der Waals surface area contributed by atoms with E-state index in [1.807, 2.05) is 30.9 Å². The third kappa shape index (κ3) is 6.90. The number of hydrogen-bond acceptors (Lipinski definition) is 6. The van der Waals surface area contributed by atoms with E-state index in [1.54, 1.807) is 12.1 Å². The van der Waals surface area contributed by atoms with Crippen LogP contribution in [0.3, 0.4) is 0 Å². The number of carbonyl (C=O) groups excluding carboxylic acids is 1. The summed E-state index contributed by atoms with van der Waals surface area (Å²) in [5, 5.41) is 13.0. The van der Waals surface area contributed by atoms with Crippen molar-refractivity contribution in [3.63, 3.8) is 0 Å². The van der Waals surface area contributed by atoms with Crippen molar-refractivity contribution in [3.05, 3.63) is 81.5 Å². The van der Waals surface area contributed by atoms with Crippen molar-refractivity contribution in [1.29, 1.82) is 0 Å². The highest BCUT2D eigenvalue weighted by molar-refractivity contribution is 7.15. The Kier molecular flexibility index (Phi) is 9.33. The number of amides is 1. The number of thiophene rings is 1. The van der Waals surface area contributed by atoms with Gasteiger partial charge in [-0.1, -0.05) is 39.0 Å². The van der Waals surface area contributed by atoms with Crippen LogP contribution in [0.5, 0.6) is 5.75 Å². The Labute approximate surface area is 263 Å². The van der Waals surface area contributed by atoms with Gasteiger partial charge in [0.15, 0.2) is 11.5 Å². The molecule has 0 spiro atoms. The maximum Gasteiger partial charge on any atom is 0.434 e. The average Bonchev–Trinajstić information content (AvgIpc) is 3.66. The lowest BCUT2D eigenvalue weighted by Crippen LogP contribution is -2.37. The van der Waals surface area contributed by atoms with Crippen LogP contribution < -0.4 is 4.74 Å². The van der Waals surface area contributed by atoms with Gasteiger partial charge in [-0.3, -0.25) is 4.79 Å². The third-order valence-corrected chi connectivity index (χ3v) is 9.55. The standard InChI is InChI=1S/C33H35F3N4O4S/c1-5-29(41)39-13-11-21(12-14-39)22-9-10-26(20(4)15-22)44-18-23-16-27(19(2)3)45-30(23)25-7-6-8-28(38-25)40-31(33(34,35)36)24(17-37-40)32(42)43/h6-10,15-17,19,21H,5,11-14,18H2,1-4H3,(H,42,43). The van der Waals surface area contributed by atoms with E-state index in [1.165, 1.54) is 23.0 Å². The molecular formula is C33H35F3N4O4S. The number of rotatable bonds is 9. The van der Waals surface area contributed by atoms with Crippen LogP contribution >= 0.6 is 11.3 Å². The normalized spacial score (nSPS) is 14.3. The van der Waals surface area contributed by atoms with E-state index in [2.05, 4.69) is 36.1 Å². The molecule has 8 nitrogen and oxygen atoms in total. The molecule has 1 aliphatic rings. The Morgan fingerprint density at radius 1 is 1.13 bits per heavy atom. The molecule has 1 amide bonds. The van der Waals surface area contributed by atoms with Gasteiger partial charge in [0.25, 0.3) is 0 Å². The first-order valence-electron chi connectivity index (χ1n) is 14.9. The second-order valence-electron chi connectivity index (χ2n) is 11.5. The Morgan fingerprint density at radius 2 is 1.87 bits per heavy atom. The Morgan fingerprint density at radius 3 is 2.49 bits per heavy atom. The number of aromatic carboxylic acids is 1. The number of piperidine rings is 1. The fourth-order valence-corrected chi connectivity index (χ4v) is 6.75. The fourth-order valence-electron chi connectivity index (χ4n) is 5.61. The van der Waals surface area contributed by atoms with Gasteiger partial charge in [0.1, 0.15) is 17.9 Å². The first-order chi connectivity index (χ1) is 21.4. The third-order valence-electron chi connectivity index (χ3n) is 8.05. The quantitative estimate of drug-likeness (QED) is 0.200. The highest BCUT2D eigenvalue weighted by atomic mass is 32.1. The van der Waals surface area contributed by atoms with Gasteiger partial charge in [0.05, 0.1) is 16.8 Å². The van der Waals surface area contributed by atoms with Crippen LogP contribution in [-0.2, 0) is 17.6 Å². The Bertz CT molecular complexity index is 1700. The van der Waals surface area contributed by atoms with E-state index >= 15 is 0 Å². The maximum atomic E-state index is 13.9. The number of carbonyl (C=O) groups is 2. The zero-order chi connectivity index (χ0) is 32.5. The van der Waals surface area contributed by atoms with Crippen molar-refractivity contribution >= 4 is 23.2 Å². The lowest BCUT2D eigenvalue weighted by atomic mass is 9.88. The number of ether oxygens (including phenoxy) is 1. The number of alkyl halides is 3. The van der Waals surface area contributed by atoms with Gasteiger partial charge >= 0.3 is 12.1 Å². The van der Waals surface area contributed by atoms with Crippen molar-refractivity contribution in [3.8, 4) is 22.1 Å². The lowest BCUT2D eigenvalue weighted by molar-refractivity contribution is -0.143. The van der Waals surface area contributed by atoms with Gasteiger partial charge < -0.3 is 14.7 Å². The smallest absolute Gasteiger partial charge is 0.434 e. The van der Waals surface area contributed by atoms with Crippen LogP contribution in [0, 0.1) is 6.92 Å². The molecule has 0 aliphatic carbocycles. The largest absolute Gasteiger partial charge is 0.489 e. The van der Waals surface area contributed by atoms with Crippen molar-refractivity contribution in [1.82, 2.24) is 19.7 Å². The highest BCUT2D eigenvalue weighted by Crippen LogP contribution is 2.38. The number of carboxylic acid groups (broad SMARTS) is 1. The number of likely N-dealkylation sites (tertiary alicyclic amines) is 1. The summed E-state index contributed by atoms with van der Waals surface area (Å²) in [6.45, 7) is 9.76. The summed E-state index contributed by atoms with van der Waals surface area (Å²) in [5.74, 6) is -0.352. The first kappa shape index (κ1) is 32.2. The molecule has 0 saturated carbocycles. The molecule has 1 N–H and O–H groups in total. The van der Waals surface area contributed by atoms with Crippen molar-refractivity contribution in [2.75, 3.05) is 13.1 Å². The molecule has 12 heteroatoms. The van der Waals surface area contributed by atoms with Crippen LogP contribution in [0.4, 0.5) is 13.2 Å². The number of aryl methyl sites for hydroxylation is 1. The minimum Gasteiger partial charge on any atom is -0.489 e. The van der Waals surface area contributed by atoms with Gasteiger partial charge in [-0.2, -0.15) is 18.3 Å². The van der Waals surface area contributed by atoms with Crippen LogP contribution in [0.1, 0.15) is 89.5 Å².